The van der Waals surface area contributed by atoms with Crippen molar-refractivity contribution >= 4 is 19.7 Å². The van der Waals surface area contributed by atoms with Gasteiger partial charge in [-0.15, -0.1) is 0 Å². The summed E-state index contributed by atoms with van der Waals surface area (Å²) in [4.78, 5) is 37.7. The van der Waals surface area contributed by atoms with E-state index in [4.69, 9.17) is 13.8 Å². The Balaban J connectivity index is 5.23. The zero-order valence-electron chi connectivity index (χ0n) is 49.5. The smallest absolute Gasteiger partial charge is 0.456 e. The van der Waals surface area contributed by atoms with Crippen LogP contribution >= 0.6 is 7.82 Å². The number of phosphoric ester groups is 1. The fraction of sp³-hybridized carbons (Fsp3) is 0.754. The van der Waals surface area contributed by atoms with E-state index in [1.54, 1.807) is 0 Å². The molecule has 1 amide bonds. The van der Waals surface area contributed by atoms with Gasteiger partial charge < -0.3 is 19.4 Å². The van der Waals surface area contributed by atoms with Gasteiger partial charge in [0, 0.05) is 12.8 Å². The van der Waals surface area contributed by atoms with E-state index in [-0.39, 0.29) is 31.5 Å². The molecule has 2 N–H and O–H groups in total. The molecular formula is C65H118N2O7P+. The van der Waals surface area contributed by atoms with Gasteiger partial charge in [0.2, 0.25) is 5.91 Å². The van der Waals surface area contributed by atoms with Gasteiger partial charge in [0.1, 0.15) is 19.3 Å². The summed E-state index contributed by atoms with van der Waals surface area (Å²) in [5.41, 5.74) is 0. The van der Waals surface area contributed by atoms with Crippen molar-refractivity contribution < 1.29 is 37.3 Å². The summed E-state index contributed by atoms with van der Waals surface area (Å²) in [6, 6.07) is -0.864. The van der Waals surface area contributed by atoms with Crippen molar-refractivity contribution in [3.8, 4) is 0 Å². The molecule has 0 spiro atoms. The van der Waals surface area contributed by atoms with E-state index in [1.165, 1.54) is 135 Å². The van der Waals surface area contributed by atoms with Crippen molar-refractivity contribution in [3.63, 3.8) is 0 Å². The molecule has 10 heteroatoms. The highest BCUT2D eigenvalue weighted by Gasteiger charge is 2.30. The largest absolute Gasteiger partial charge is 0.472 e. The Labute approximate surface area is 463 Å². The van der Waals surface area contributed by atoms with Crippen LogP contribution in [0.1, 0.15) is 265 Å². The molecule has 0 aliphatic heterocycles. The maximum absolute atomic E-state index is 13.5. The maximum atomic E-state index is 13.5. The molecule has 0 bridgehead atoms. The Morgan fingerprint density at radius 1 is 0.493 bits per heavy atom. The lowest BCUT2D eigenvalue weighted by Gasteiger charge is -2.27. The number of esters is 1. The molecule has 434 valence electrons. The van der Waals surface area contributed by atoms with Gasteiger partial charge in [0.15, 0.2) is 0 Å². The van der Waals surface area contributed by atoms with Crippen LogP contribution in [0.3, 0.4) is 0 Å². The molecule has 0 aromatic heterocycles. The van der Waals surface area contributed by atoms with E-state index >= 15 is 0 Å². The minimum Gasteiger partial charge on any atom is -0.456 e. The summed E-state index contributed by atoms with van der Waals surface area (Å²) in [5, 5.41) is 3.04. The van der Waals surface area contributed by atoms with Gasteiger partial charge in [-0.05, 0) is 89.5 Å². The minimum atomic E-state index is -4.46. The van der Waals surface area contributed by atoms with Crippen LogP contribution in [0.4, 0.5) is 0 Å². The van der Waals surface area contributed by atoms with Gasteiger partial charge in [-0.2, -0.15) is 0 Å². The second kappa shape index (κ2) is 54.5. The summed E-state index contributed by atoms with van der Waals surface area (Å²) in [5.74, 6) is -0.534. The van der Waals surface area contributed by atoms with Crippen LogP contribution in [-0.2, 0) is 27.9 Å². The van der Waals surface area contributed by atoms with Crippen molar-refractivity contribution in [3.05, 3.63) is 85.1 Å². The molecule has 0 aromatic rings. The van der Waals surface area contributed by atoms with Crippen molar-refractivity contribution in [1.82, 2.24) is 5.32 Å². The number of unbranched alkanes of at least 4 members (excludes halogenated alkanes) is 29. The highest BCUT2D eigenvalue weighted by atomic mass is 31.2. The van der Waals surface area contributed by atoms with Crippen LogP contribution in [0.5, 0.6) is 0 Å². The molecule has 9 nitrogen and oxygen atoms in total. The second-order valence-corrected chi connectivity index (χ2v) is 23.4. The monoisotopic (exact) mass is 1070 g/mol. The Bertz CT molecular complexity index is 1560. The third-order valence-electron chi connectivity index (χ3n) is 13.4. The zero-order valence-corrected chi connectivity index (χ0v) is 50.4. The first-order valence-electron chi connectivity index (χ1n) is 30.9. The number of rotatable bonds is 55. The number of ether oxygens (including phenoxy) is 1. The molecule has 3 unspecified atom stereocenters. The number of carbonyl (C=O) groups excluding carboxylic acids is 2. The molecule has 0 fully saturated rings. The molecule has 0 heterocycles. The van der Waals surface area contributed by atoms with Gasteiger partial charge in [-0.1, -0.05) is 247 Å². The SMILES string of the molecule is CC/C=C/C=C/C=C\CCCCCCCC(=O)NC(COP(=O)(O)OCC[N+](C)(C)C)C(/C=C\CCCCCCCCCCCCC)OC(=O)CCCCCCCCCCCC/C=C\C/C=C\C/C=C\CCCCC. The van der Waals surface area contributed by atoms with Crippen LogP contribution in [0.2, 0.25) is 0 Å². The summed E-state index contributed by atoms with van der Waals surface area (Å²) in [7, 11) is 1.47. The Hall–Kier alpha value is -2.81. The Morgan fingerprint density at radius 3 is 1.41 bits per heavy atom. The average Bonchev–Trinajstić information content (AvgIpc) is 3.37. The lowest BCUT2D eigenvalue weighted by molar-refractivity contribution is -0.870. The molecule has 0 rings (SSSR count). The number of nitrogens with zero attached hydrogens (tertiary/aromatic N) is 1. The first kappa shape index (κ1) is 72.2. The van der Waals surface area contributed by atoms with Crippen LogP contribution in [0, 0.1) is 0 Å². The standard InChI is InChI=1S/C65H117N2O7P/c1-7-10-13-16-19-22-25-28-29-30-31-32-33-34-35-36-37-40-43-46-49-52-55-58-65(69)74-63(56-53-50-47-44-41-38-26-23-20-17-14-11-8-2)62(61-73-75(70,71)72-60-59-67(4,5)6)66-64(68)57-54-51-48-45-42-39-27-24-21-18-15-12-9-3/h12,15,18-19,21-22,24,27-29,31-32,53,56,62-63H,7-11,13-14,16-17,20,23,25-26,30,33-52,54-55,57-61H2,1-6H3,(H-,66,68,70,71)/p+1/b15-12+,21-18+,22-19-,27-24-,29-28-,32-31-,56-53-. The van der Waals surface area contributed by atoms with Gasteiger partial charge >= 0.3 is 13.8 Å². The highest BCUT2D eigenvalue weighted by molar-refractivity contribution is 7.47. The molecule has 0 radical (unpaired) electrons. The molecule has 75 heavy (non-hydrogen) atoms. The van der Waals surface area contributed by atoms with E-state index < -0.39 is 20.0 Å². The molecule has 0 saturated carbocycles. The fourth-order valence-corrected chi connectivity index (χ4v) is 9.33. The quantitative estimate of drug-likeness (QED) is 0.0156. The summed E-state index contributed by atoms with van der Waals surface area (Å²) < 4.78 is 30.7. The minimum absolute atomic E-state index is 0.0321. The first-order chi connectivity index (χ1) is 36.4. The summed E-state index contributed by atoms with van der Waals surface area (Å²) >= 11 is 0. The summed E-state index contributed by atoms with van der Waals surface area (Å²) in [6.45, 7) is 6.84. The highest BCUT2D eigenvalue weighted by Crippen LogP contribution is 2.43. The lowest BCUT2D eigenvalue weighted by Crippen LogP contribution is -2.47. The number of carbonyl (C=O) groups is 2. The number of hydrogen-bond donors (Lipinski definition) is 2. The maximum Gasteiger partial charge on any atom is 0.472 e. The number of amides is 1. The second-order valence-electron chi connectivity index (χ2n) is 21.9. The predicted molar refractivity (Wildman–Crippen MR) is 323 cm³/mol. The van der Waals surface area contributed by atoms with Crippen molar-refractivity contribution in [1.29, 1.82) is 0 Å². The molecule has 0 aromatic carbocycles. The molecule has 0 aliphatic rings. The summed E-state index contributed by atoms with van der Waals surface area (Å²) in [6.07, 6.45) is 71.5. The van der Waals surface area contributed by atoms with Crippen LogP contribution in [0.25, 0.3) is 0 Å². The van der Waals surface area contributed by atoms with Crippen LogP contribution < -0.4 is 5.32 Å². The fourth-order valence-electron chi connectivity index (χ4n) is 8.59. The van der Waals surface area contributed by atoms with E-state index in [0.717, 1.165) is 96.3 Å². The van der Waals surface area contributed by atoms with E-state index in [2.05, 4.69) is 99.0 Å². The molecule has 0 saturated heterocycles. The van der Waals surface area contributed by atoms with Gasteiger partial charge in [0.05, 0.1) is 33.8 Å². The van der Waals surface area contributed by atoms with E-state index in [9.17, 15) is 19.0 Å². The van der Waals surface area contributed by atoms with Crippen molar-refractivity contribution in [2.45, 2.75) is 277 Å². The van der Waals surface area contributed by atoms with Crippen LogP contribution in [-0.4, -0.2) is 74.3 Å². The Morgan fingerprint density at radius 2 is 0.907 bits per heavy atom. The Kier molecular flexibility index (Phi) is 52.5. The number of likely N-dealkylation sites (N-methyl/N-ethyl adjacent to an activating group) is 1. The van der Waals surface area contributed by atoms with E-state index in [1.807, 2.05) is 33.3 Å². The molecule has 0 aliphatic carbocycles. The molecule has 3 atom stereocenters. The average molecular weight is 1070 g/mol. The molecular weight excluding hydrogens is 952 g/mol. The van der Waals surface area contributed by atoms with Gasteiger partial charge in [-0.3, -0.25) is 18.6 Å². The number of nitrogens with one attached hydrogen (secondary N) is 1. The number of phosphoric acid groups is 1. The van der Waals surface area contributed by atoms with Gasteiger partial charge in [-0.25, -0.2) is 4.57 Å². The van der Waals surface area contributed by atoms with E-state index in [0.29, 0.717) is 17.4 Å². The van der Waals surface area contributed by atoms with Gasteiger partial charge in [0.25, 0.3) is 0 Å². The number of hydrogen-bond acceptors (Lipinski definition) is 6. The normalized spacial score (nSPS) is 14.3. The zero-order chi connectivity index (χ0) is 55.0. The topological polar surface area (TPSA) is 111 Å². The van der Waals surface area contributed by atoms with Crippen LogP contribution in [0.15, 0.2) is 85.1 Å². The lowest BCUT2D eigenvalue weighted by atomic mass is 10.0. The van der Waals surface area contributed by atoms with Crippen molar-refractivity contribution in [2.24, 2.45) is 0 Å². The number of allylic oxidation sites excluding steroid dienone is 13. The first-order valence-corrected chi connectivity index (χ1v) is 32.4. The predicted octanol–water partition coefficient (Wildman–Crippen LogP) is 19.0. The third kappa shape index (κ3) is 55.7. The third-order valence-corrected chi connectivity index (χ3v) is 14.4. The van der Waals surface area contributed by atoms with Crippen molar-refractivity contribution in [2.75, 3.05) is 40.9 Å². The number of quaternary nitrogens is 1.